The molecule has 4 saturated heterocycles. The summed E-state index contributed by atoms with van der Waals surface area (Å²) in [5.74, 6) is -6.25. The second-order valence-corrected chi connectivity index (χ2v) is 36.0. The summed E-state index contributed by atoms with van der Waals surface area (Å²) in [6, 6.07) is 12.2. The molecule has 14 atom stereocenters. The Hall–Kier alpha value is -9.57. The van der Waals surface area contributed by atoms with Crippen LogP contribution < -0.4 is 75.7 Å². The first kappa shape index (κ1) is 89.4. The van der Waals surface area contributed by atoms with E-state index < -0.39 is 136 Å². The van der Waals surface area contributed by atoms with Crippen LogP contribution in [-0.2, 0) is 92.8 Å². The van der Waals surface area contributed by atoms with Crippen LogP contribution in [0.1, 0.15) is 153 Å². The quantitative estimate of drug-likeness (QED) is 0.0113. The van der Waals surface area contributed by atoms with E-state index in [1.807, 2.05) is 80.4 Å². The Morgan fingerprint density at radius 1 is 0.670 bits per heavy atom. The zero-order valence-corrected chi connectivity index (χ0v) is 69.2. The molecule has 18 N–H and O–H groups in total. The van der Waals surface area contributed by atoms with Crippen molar-refractivity contribution in [2.24, 2.45) is 34.0 Å². The first-order valence-corrected chi connectivity index (χ1v) is 44.4. The Morgan fingerprint density at radius 3 is 2.07 bits per heavy atom. The van der Waals surface area contributed by atoms with E-state index in [0.717, 1.165) is 46.2 Å². The van der Waals surface area contributed by atoms with Crippen molar-refractivity contribution in [3.8, 4) is 0 Å². The topological polar surface area (TPSA) is 467 Å². The third-order valence-electron chi connectivity index (χ3n) is 21.6. The molecule has 0 aliphatic carbocycles. The van der Waals surface area contributed by atoms with Gasteiger partial charge in [0.05, 0.1) is 18.3 Å². The minimum atomic E-state index is -1.36. The molecule has 5 aliphatic heterocycles. The van der Waals surface area contributed by atoms with Crippen molar-refractivity contribution in [3.05, 3.63) is 107 Å². The maximum absolute atomic E-state index is 15.5. The maximum atomic E-state index is 15.5. The standard InChI is InChI=1S/C81H116N18O13S3/c1-47(2)38-60-74(106)96-68(48(3)4)78(110)89-57(72(104)90-58(26-14-15-33-85-67(101)31-13-12-30-66-69-62(45-114-66)95-81(112)97-69)79(111)99-36-19-29-65(99)77(109)91-59(70(82)102)41-53-42-87-55-25-11-10-24-54(53)55)32-37-115(6)46-52-23-16-22-51(39-52)43-113-44-63(75(107)93-61(73(105)92-60)40-50-20-8-7-9-21-50)94-71(103)56(27-17-34-86-80(83)84)88-76(108)64-28-18-35-98(64)49(5)100/h7-11,16,20-25,39,42,47-48,56-66,68-69,87H,12-15,17-19,26-38,40-41,43-46H2,1-6H3,(H16-,82,83,84,85,86,88,89,90,91,92,93,94,95,96,97,101,102,103,104,105,106,107,108,109,110,112)/p+1/t56-,57-,58-,59-,60-,61-,62-,63-,64-,65-,66-,68-,69-,115?/m0/s1. The molecule has 1 aromatic heterocycles. The summed E-state index contributed by atoms with van der Waals surface area (Å²) >= 11 is 3.15. The molecule has 2 bridgehead atoms. The lowest BCUT2D eigenvalue weighted by Gasteiger charge is -2.31. The Balaban J connectivity index is 0.967. The van der Waals surface area contributed by atoms with Gasteiger partial charge in [-0.15, -0.1) is 0 Å². The molecular formula is C81H117N18O13S3+. The van der Waals surface area contributed by atoms with Crippen molar-refractivity contribution >= 4 is 128 Å². The molecule has 626 valence electrons. The van der Waals surface area contributed by atoms with Crippen LogP contribution in [-0.4, -0.2) is 225 Å². The summed E-state index contributed by atoms with van der Waals surface area (Å²) < 4.78 is 0. The number of guanidine groups is 1. The van der Waals surface area contributed by atoms with Gasteiger partial charge in [-0.1, -0.05) is 107 Å². The fourth-order valence-corrected chi connectivity index (χ4v) is 19.5. The van der Waals surface area contributed by atoms with E-state index in [9.17, 15) is 33.6 Å². The van der Waals surface area contributed by atoms with Gasteiger partial charge in [0, 0.05) is 104 Å². The van der Waals surface area contributed by atoms with E-state index in [1.165, 1.54) is 28.5 Å². The lowest BCUT2D eigenvalue weighted by atomic mass is 9.98. The molecule has 0 radical (unpaired) electrons. The van der Waals surface area contributed by atoms with Gasteiger partial charge in [-0.05, 0) is 123 Å². The number of unbranched alkanes of at least 4 members (excludes halogenated alkanes) is 2. The summed E-state index contributed by atoms with van der Waals surface area (Å²) in [7, 11) is -0.486. The molecule has 0 spiro atoms. The highest BCUT2D eigenvalue weighted by Crippen LogP contribution is 2.34. The van der Waals surface area contributed by atoms with Gasteiger partial charge in [0.2, 0.25) is 70.9 Å². The molecule has 1 unspecified atom stereocenters. The number of hydrogen-bond donors (Lipinski definition) is 15. The van der Waals surface area contributed by atoms with Crippen molar-refractivity contribution in [2.45, 2.75) is 233 Å². The third-order valence-corrected chi connectivity index (χ3v) is 25.9. The second kappa shape index (κ2) is 44.0. The van der Waals surface area contributed by atoms with E-state index in [4.69, 9.17) is 17.2 Å². The Bertz CT molecular complexity index is 4090. The van der Waals surface area contributed by atoms with E-state index >= 15 is 28.8 Å². The van der Waals surface area contributed by atoms with Crippen LogP contribution in [0.2, 0.25) is 0 Å². The minimum Gasteiger partial charge on any atom is -0.370 e. The van der Waals surface area contributed by atoms with Gasteiger partial charge in [-0.2, -0.15) is 23.5 Å². The average molecular weight is 1650 g/mol. The van der Waals surface area contributed by atoms with Gasteiger partial charge in [0.25, 0.3) is 0 Å². The first-order valence-electron chi connectivity index (χ1n) is 40.2. The number of fused-ring (bicyclic) bond motifs is 4. The van der Waals surface area contributed by atoms with Crippen molar-refractivity contribution in [1.29, 1.82) is 0 Å². The monoisotopic (exact) mass is 1650 g/mol. The fraction of sp³-hybridized carbons (Fsp3) is 0.580. The molecule has 4 aromatic rings. The number of carbonyl (C=O) groups is 13. The first-order chi connectivity index (χ1) is 55.1. The van der Waals surface area contributed by atoms with Gasteiger partial charge >= 0.3 is 6.03 Å². The summed E-state index contributed by atoms with van der Waals surface area (Å²) in [6.45, 7) is 9.39. The zero-order valence-electron chi connectivity index (χ0n) is 66.7. The molecule has 4 fully saturated rings. The summed E-state index contributed by atoms with van der Waals surface area (Å²) in [5.41, 5.74) is 21.3. The van der Waals surface area contributed by atoms with Crippen LogP contribution in [0.25, 0.3) is 10.9 Å². The Labute approximate surface area is 684 Å². The molecule has 3 aromatic carbocycles. The van der Waals surface area contributed by atoms with Crippen molar-refractivity contribution in [1.82, 2.24) is 73.3 Å². The number of para-hydroxylation sites is 1. The van der Waals surface area contributed by atoms with Crippen LogP contribution in [0, 0.1) is 11.8 Å². The van der Waals surface area contributed by atoms with E-state index in [2.05, 4.69) is 68.5 Å². The van der Waals surface area contributed by atoms with Crippen LogP contribution in [0.5, 0.6) is 0 Å². The van der Waals surface area contributed by atoms with E-state index in [1.54, 1.807) is 50.4 Å². The SMILES string of the molecule is CC(=O)N1CCC[C@H]1C(=O)N[C@@H](CCCN=C(N)N)C(=O)N[C@H]1CSCc2cccc(c2)C[S+](C)CC[C@@H](C(=O)N[C@@H](CCCCNC(=O)CCCC[C@@H]2SC[C@@H]3NC(=O)N[C@@H]32)C(=O)N2CCC[C@H]2C(=O)N[C@@H](Cc2c[nH]c3ccccc23)C(N)=O)NC(=O)[C@H](C(C)C)NC(=O)[C@H](CC(C)C)NC(=O)[C@H](Cc2ccccc2)NC1=O. The Kier molecular flexibility index (Phi) is 34.2. The molecular weight excluding hydrogens is 1530 g/mol. The number of aromatic amines is 1. The summed E-state index contributed by atoms with van der Waals surface area (Å²) in [6.07, 6.45) is 9.21. The minimum absolute atomic E-state index is 0.0254. The van der Waals surface area contributed by atoms with Crippen LogP contribution in [0.15, 0.2) is 90.1 Å². The fourth-order valence-electron chi connectivity index (χ4n) is 15.4. The zero-order chi connectivity index (χ0) is 82.8. The smallest absolute Gasteiger partial charge is 0.315 e. The molecule has 5 aliphatic rings. The average Bonchev–Trinajstić information content (AvgIpc) is 1.68. The summed E-state index contributed by atoms with van der Waals surface area (Å²) in [4.78, 5) is 195. The molecule has 9 rings (SSSR count). The highest BCUT2D eigenvalue weighted by molar-refractivity contribution is 8.00. The van der Waals surface area contributed by atoms with Gasteiger partial charge < -0.3 is 90.5 Å². The number of nitrogens with one attached hydrogen (secondary N) is 12. The largest absolute Gasteiger partial charge is 0.370 e. The van der Waals surface area contributed by atoms with Crippen molar-refractivity contribution < 1.29 is 62.3 Å². The van der Waals surface area contributed by atoms with Gasteiger partial charge in [-0.25, -0.2) is 4.79 Å². The number of nitrogens with zero attached hydrogens (tertiary/aromatic N) is 3. The number of carbonyl (C=O) groups excluding carboxylic acids is 13. The molecule has 14 amide bonds. The number of thioether (sulfide) groups is 2. The lowest BCUT2D eigenvalue weighted by molar-refractivity contribution is -0.142. The molecule has 31 nitrogen and oxygen atoms in total. The normalized spacial score (nSPS) is 23.9. The number of rotatable bonds is 31. The second-order valence-electron chi connectivity index (χ2n) is 31.4. The van der Waals surface area contributed by atoms with Gasteiger partial charge in [-0.3, -0.25) is 62.5 Å². The number of urea groups is 1. The van der Waals surface area contributed by atoms with Gasteiger partial charge in [0.15, 0.2) is 5.96 Å². The van der Waals surface area contributed by atoms with E-state index in [0.29, 0.717) is 74.3 Å². The molecule has 34 heteroatoms. The van der Waals surface area contributed by atoms with Crippen molar-refractivity contribution in [3.63, 3.8) is 0 Å². The highest BCUT2D eigenvalue weighted by atomic mass is 32.2. The number of primary amides is 1. The number of nitrogens with two attached hydrogens (primary N) is 3. The number of amides is 14. The molecule has 6 heterocycles. The summed E-state index contributed by atoms with van der Waals surface area (Å²) in [5, 5.41) is 33.3. The van der Waals surface area contributed by atoms with Gasteiger partial charge in [0.1, 0.15) is 71.9 Å². The van der Waals surface area contributed by atoms with Crippen LogP contribution in [0.3, 0.4) is 0 Å². The number of aromatic nitrogens is 1. The predicted octanol–water partition coefficient (Wildman–Crippen LogP) is 2.17. The Morgan fingerprint density at radius 2 is 1.35 bits per heavy atom. The molecule has 115 heavy (non-hydrogen) atoms. The van der Waals surface area contributed by atoms with E-state index in [-0.39, 0.29) is 124 Å². The third kappa shape index (κ3) is 26.7. The number of hydrogen-bond acceptors (Lipinski definition) is 16. The lowest BCUT2D eigenvalue weighted by Crippen LogP contribution is -2.61. The number of aliphatic imine (C=N–C) groups is 1. The highest BCUT2D eigenvalue weighted by Gasteiger charge is 2.44. The van der Waals surface area contributed by atoms with Crippen LogP contribution in [0.4, 0.5) is 4.79 Å². The predicted molar refractivity (Wildman–Crippen MR) is 446 cm³/mol. The van der Waals surface area contributed by atoms with Crippen LogP contribution >= 0.6 is 23.5 Å². The number of benzene rings is 3. The number of H-pyrrole nitrogens is 1. The van der Waals surface area contributed by atoms with Crippen molar-refractivity contribution in [2.75, 3.05) is 49.7 Å². The molecule has 0 saturated carbocycles. The number of likely N-dealkylation sites (tertiary alicyclic amines) is 2. The maximum Gasteiger partial charge on any atom is 0.315 e.